The molecule has 0 unspecified atom stereocenters. The van der Waals surface area contributed by atoms with Crippen molar-refractivity contribution in [3.8, 4) is 0 Å². The Morgan fingerprint density at radius 1 is 1.36 bits per heavy atom. The maximum Gasteiger partial charge on any atom is 0.0273 e. The zero-order valence-corrected chi connectivity index (χ0v) is 8.90. The SMILES string of the molecule is CC(C)CNCC=Cc1ccncc1. The van der Waals surface area contributed by atoms with Crippen LogP contribution in [0.3, 0.4) is 0 Å². The molecule has 1 heterocycles. The molecule has 1 N–H and O–H groups in total. The van der Waals surface area contributed by atoms with Gasteiger partial charge in [-0.05, 0) is 30.2 Å². The molecule has 0 aromatic carbocycles. The Kier molecular flexibility index (Phi) is 4.94. The maximum absolute atomic E-state index is 3.96. The molecular weight excluding hydrogens is 172 g/mol. The second kappa shape index (κ2) is 6.33. The van der Waals surface area contributed by atoms with Crippen LogP contribution in [0.15, 0.2) is 30.6 Å². The van der Waals surface area contributed by atoms with Crippen molar-refractivity contribution >= 4 is 6.08 Å². The summed E-state index contributed by atoms with van der Waals surface area (Å²) >= 11 is 0. The van der Waals surface area contributed by atoms with Crippen molar-refractivity contribution in [3.63, 3.8) is 0 Å². The van der Waals surface area contributed by atoms with E-state index in [1.165, 1.54) is 5.56 Å². The molecule has 0 aliphatic carbocycles. The van der Waals surface area contributed by atoms with Gasteiger partial charge in [-0.25, -0.2) is 0 Å². The predicted molar refractivity (Wildman–Crippen MR) is 61.0 cm³/mol. The van der Waals surface area contributed by atoms with Crippen LogP contribution in [0.4, 0.5) is 0 Å². The lowest BCUT2D eigenvalue weighted by atomic mass is 10.2. The molecule has 2 nitrogen and oxygen atoms in total. The summed E-state index contributed by atoms with van der Waals surface area (Å²) in [6, 6.07) is 4.00. The van der Waals surface area contributed by atoms with E-state index in [9.17, 15) is 0 Å². The first-order valence-corrected chi connectivity index (χ1v) is 5.06. The van der Waals surface area contributed by atoms with Crippen LogP contribution in [0, 0.1) is 5.92 Å². The van der Waals surface area contributed by atoms with Crippen molar-refractivity contribution in [2.75, 3.05) is 13.1 Å². The first kappa shape index (κ1) is 10.9. The van der Waals surface area contributed by atoms with Crippen LogP contribution >= 0.6 is 0 Å². The third kappa shape index (κ3) is 4.77. The van der Waals surface area contributed by atoms with E-state index in [2.05, 4.69) is 36.3 Å². The lowest BCUT2D eigenvalue weighted by molar-refractivity contribution is 0.577. The molecular formula is C12H18N2. The Labute approximate surface area is 86.1 Å². The molecule has 0 aliphatic rings. The number of rotatable bonds is 5. The average molecular weight is 190 g/mol. The molecule has 0 aliphatic heterocycles. The van der Waals surface area contributed by atoms with Crippen LogP contribution in [-0.4, -0.2) is 18.1 Å². The average Bonchev–Trinajstić information content (AvgIpc) is 2.18. The van der Waals surface area contributed by atoms with Crippen LogP contribution in [0.2, 0.25) is 0 Å². The monoisotopic (exact) mass is 190 g/mol. The molecule has 0 radical (unpaired) electrons. The van der Waals surface area contributed by atoms with Gasteiger partial charge < -0.3 is 5.32 Å². The molecule has 14 heavy (non-hydrogen) atoms. The summed E-state index contributed by atoms with van der Waals surface area (Å²) in [5.41, 5.74) is 1.20. The Hall–Kier alpha value is -1.15. The molecule has 0 spiro atoms. The largest absolute Gasteiger partial charge is 0.313 e. The van der Waals surface area contributed by atoms with Gasteiger partial charge >= 0.3 is 0 Å². The van der Waals surface area contributed by atoms with Gasteiger partial charge in [-0.3, -0.25) is 4.98 Å². The number of pyridine rings is 1. The van der Waals surface area contributed by atoms with Crippen molar-refractivity contribution in [2.24, 2.45) is 5.92 Å². The molecule has 0 atom stereocenters. The maximum atomic E-state index is 3.96. The Morgan fingerprint density at radius 3 is 2.71 bits per heavy atom. The van der Waals surface area contributed by atoms with E-state index in [1.54, 1.807) is 12.4 Å². The van der Waals surface area contributed by atoms with Gasteiger partial charge in [-0.1, -0.05) is 26.0 Å². The Balaban J connectivity index is 2.21. The highest BCUT2D eigenvalue weighted by Crippen LogP contribution is 1.98. The topological polar surface area (TPSA) is 24.9 Å². The van der Waals surface area contributed by atoms with Gasteiger partial charge in [0, 0.05) is 18.9 Å². The number of hydrogen-bond acceptors (Lipinski definition) is 2. The van der Waals surface area contributed by atoms with Gasteiger partial charge in [0.15, 0.2) is 0 Å². The van der Waals surface area contributed by atoms with Crippen molar-refractivity contribution in [1.82, 2.24) is 10.3 Å². The fraction of sp³-hybridized carbons (Fsp3) is 0.417. The minimum atomic E-state index is 0.712. The summed E-state index contributed by atoms with van der Waals surface area (Å²) in [5, 5.41) is 3.35. The van der Waals surface area contributed by atoms with E-state index in [0.717, 1.165) is 13.1 Å². The minimum absolute atomic E-state index is 0.712. The van der Waals surface area contributed by atoms with E-state index in [-0.39, 0.29) is 0 Å². The standard InChI is InChI=1S/C12H18N2/c1-11(2)10-14-7-3-4-12-5-8-13-9-6-12/h3-6,8-9,11,14H,7,10H2,1-2H3. The van der Waals surface area contributed by atoms with Gasteiger partial charge in [-0.15, -0.1) is 0 Å². The van der Waals surface area contributed by atoms with Crippen LogP contribution in [0.1, 0.15) is 19.4 Å². The van der Waals surface area contributed by atoms with Gasteiger partial charge in [0.05, 0.1) is 0 Å². The van der Waals surface area contributed by atoms with Gasteiger partial charge in [-0.2, -0.15) is 0 Å². The minimum Gasteiger partial charge on any atom is -0.313 e. The zero-order valence-electron chi connectivity index (χ0n) is 8.90. The summed E-state index contributed by atoms with van der Waals surface area (Å²) in [4.78, 5) is 3.96. The fourth-order valence-corrected chi connectivity index (χ4v) is 1.12. The van der Waals surface area contributed by atoms with E-state index < -0.39 is 0 Å². The normalized spacial score (nSPS) is 11.4. The quantitative estimate of drug-likeness (QED) is 0.721. The summed E-state index contributed by atoms with van der Waals surface area (Å²) in [5.74, 6) is 0.712. The lowest BCUT2D eigenvalue weighted by Gasteiger charge is -2.03. The summed E-state index contributed by atoms with van der Waals surface area (Å²) in [6.45, 7) is 6.42. The van der Waals surface area contributed by atoms with E-state index in [0.29, 0.717) is 5.92 Å². The summed E-state index contributed by atoms with van der Waals surface area (Å²) in [7, 11) is 0. The van der Waals surface area contributed by atoms with Crippen molar-refractivity contribution < 1.29 is 0 Å². The van der Waals surface area contributed by atoms with Crippen LogP contribution in [-0.2, 0) is 0 Å². The smallest absolute Gasteiger partial charge is 0.0273 e. The van der Waals surface area contributed by atoms with Crippen LogP contribution in [0.5, 0.6) is 0 Å². The van der Waals surface area contributed by atoms with Crippen molar-refractivity contribution in [1.29, 1.82) is 0 Å². The van der Waals surface area contributed by atoms with Crippen LogP contribution in [0.25, 0.3) is 6.08 Å². The van der Waals surface area contributed by atoms with Crippen molar-refractivity contribution in [2.45, 2.75) is 13.8 Å². The predicted octanol–water partition coefficient (Wildman–Crippen LogP) is 2.34. The lowest BCUT2D eigenvalue weighted by Crippen LogP contribution is -2.19. The van der Waals surface area contributed by atoms with Gasteiger partial charge in [0.25, 0.3) is 0 Å². The number of aromatic nitrogens is 1. The summed E-state index contributed by atoms with van der Waals surface area (Å²) in [6.07, 6.45) is 7.86. The van der Waals surface area contributed by atoms with E-state index in [1.807, 2.05) is 12.1 Å². The zero-order chi connectivity index (χ0) is 10.2. The Bertz CT molecular complexity index is 265. The third-order valence-corrected chi connectivity index (χ3v) is 1.83. The molecule has 1 aromatic heterocycles. The highest BCUT2D eigenvalue weighted by Gasteiger charge is 1.89. The molecule has 0 fully saturated rings. The highest BCUT2D eigenvalue weighted by atomic mass is 14.8. The molecule has 1 aromatic rings. The summed E-state index contributed by atoms with van der Waals surface area (Å²) < 4.78 is 0. The third-order valence-electron chi connectivity index (χ3n) is 1.83. The molecule has 1 rings (SSSR count). The van der Waals surface area contributed by atoms with Gasteiger partial charge in [0.2, 0.25) is 0 Å². The second-order valence-corrected chi connectivity index (χ2v) is 3.74. The molecule has 76 valence electrons. The van der Waals surface area contributed by atoms with E-state index in [4.69, 9.17) is 0 Å². The number of nitrogens with one attached hydrogen (secondary N) is 1. The highest BCUT2D eigenvalue weighted by molar-refractivity contribution is 5.47. The number of hydrogen-bond donors (Lipinski definition) is 1. The number of nitrogens with zero attached hydrogens (tertiary/aromatic N) is 1. The van der Waals surface area contributed by atoms with Crippen LogP contribution < -0.4 is 5.32 Å². The first-order chi connectivity index (χ1) is 6.79. The molecule has 2 heteroatoms. The van der Waals surface area contributed by atoms with Crippen molar-refractivity contribution in [3.05, 3.63) is 36.2 Å². The molecule has 0 bridgehead atoms. The Morgan fingerprint density at radius 2 is 2.07 bits per heavy atom. The first-order valence-electron chi connectivity index (χ1n) is 5.06. The van der Waals surface area contributed by atoms with E-state index >= 15 is 0 Å². The van der Waals surface area contributed by atoms with Gasteiger partial charge in [0.1, 0.15) is 0 Å². The fourth-order valence-electron chi connectivity index (χ4n) is 1.12. The second-order valence-electron chi connectivity index (χ2n) is 3.74. The molecule has 0 saturated heterocycles. The molecule has 0 saturated carbocycles. The molecule has 0 amide bonds.